The Hall–Kier alpha value is -2.51. The van der Waals surface area contributed by atoms with Crippen molar-refractivity contribution < 1.29 is 4.79 Å². The number of para-hydroxylation sites is 2. The highest BCUT2D eigenvalue weighted by atomic mass is 35.5. The maximum absolute atomic E-state index is 12.2. The average Bonchev–Trinajstić information content (AvgIpc) is 3.16. The molecule has 6 nitrogen and oxygen atoms in total. The van der Waals surface area contributed by atoms with E-state index in [9.17, 15) is 4.79 Å². The van der Waals surface area contributed by atoms with Crippen molar-refractivity contribution in [2.75, 3.05) is 11.1 Å². The number of hydrogen-bond donors (Lipinski definition) is 1. The van der Waals surface area contributed by atoms with E-state index in [1.54, 1.807) is 24.3 Å². The first-order chi connectivity index (χ1) is 12.1. The Labute approximate surface area is 152 Å². The largest absolute Gasteiger partial charge is 0.325 e. The van der Waals surface area contributed by atoms with Crippen LogP contribution >= 0.6 is 23.4 Å². The van der Waals surface area contributed by atoms with Gasteiger partial charge in [-0.15, -0.1) is 10.2 Å². The number of halogens is 1. The van der Waals surface area contributed by atoms with Gasteiger partial charge in [0.15, 0.2) is 5.16 Å². The van der Waals surface area contributed by atoms with E-state index < -0.39 is 0 Å². The zero-order valence-electron chi connectivity index (χ0n) is 13.3. The number of anilines is 1. The molecule has 0 saturated carbocycles. The highest BCUT2D eigenvalue weighted by Gasteiger charge is 2.15. The van der Waals surface area contributed by atoms with Gasteiger partial charge in [-0.2, -0.15) is 0 Å². The first-order valence-electron chi connectivity index (χ1n) is 7.60. The van der Waals surface area contributed by atoms with Crippen LogP contribution in [0.3, 0.4) is 0 Å². The second kappa shape index (κ2) is 6.42. The molecule has 0 aliphatic carbocycles. The van der Waals surface area contributed by atoms with Crippen LogP contribution in [0.4, 0.5) is 5.69 Å². The molecule has 0 atom stereocenters. The Morgan fingerprint density at radius 1 is 1.12 bits per heavy atom. The van der Waals surface area contributed by atoms with E-state index in [0.717, 1.165) is 16.8 Å². The van der Waals surface area contributed by atoms with E-state index in [0.29, 0.717) is 15.9 Å². The number of imidazole rings is 1. The number of aryl methyl sites for hydroxylation is 1. The lowest BCUT2D eigenvalue weighted by Crippen LogP contribution is -2.14. The summed E-state index contributed by atoms with van der Waals surface area (Å²) in [6, 6.07) is 15.0. The third-order valence-corrected chi connectivity index (χ3v) is 5.04. The Balaban J connectivity index is 1.54. The SMILES string of the molecule is Cn1c2ccccc2n2c(SCC(=O)Nc3ccc(Cl)cc3)nnc12. The second-order valence-electron chi connectivity index (χ2n) is 5.51. The number of hydrogen-bond acceptors (Lipinski definition) is 4. The summed E-state index contributed by atoms with van der Waals surface area (Å²) in [4.78, 5) is 12.2. The third-order valence-electron chi connectivity index (χ3n) is 3.86. The maximum atomic E-state index is 12.2. The second-order valence-corrected chi connectivity index (χ2v) is 6.89. The molecule has 1 amide bonds. The zero-order chi connectivity index (χ0) is 17.4. The van der Waals surface area contributed by atoms with E-state index in [1.807, 2.05) is 40.3 Å². The summed E-state index contributed by atoms with van der Waals surface area (Å²) in [6.07, 6.45) is 0. The normalized spacial score (nSPS) is 11.3. The molecule has 2 heterocycles. The predicted molar refractivity (Wildman–Crippen MR) is 100 cm³/mol. The van der Waals surface area contributed by atoms with Crippen molar-refractivity contribution in [2.24, 2.45) is 7.05 Å². The zero-order valence-corrected chi connectivity index (χ0v) is 14.9. The van der Waals surface area contributed by atoms with Gasteiger partial charge in [0.25, 0.3) is 0 Å². The molecule has 0 spiro atoms. The van der Waals surface area contributed by atoms with Crippen molar-refractivity contribution in [3.05, 3.63) is 53.6 Å². The van der Waals surface area contributed by atoms with Gasteiger partial charge in [-0.05, 0) is 36.4 Å². The van der Waals surface area contributed by atoms with Gasteiger partial charge in [0.05, 0.1) is 16.8 Å². The number of amides is 1. The maximum Gasteiger partial charge on any atom is 0.236 e. The van der Waals surface area contributed by atoms with Crippen LogP contribution in [0.2, 0.25) is 5.02 Å². The molecule has 0 aliphatic rings. The van der Waals surface area contributed by atoms with E-state index in [-0.39, 0.29) is 11.7 Å². The fourth-order valence-electron chi connectivity index (χ4n) is 2.69. The lowest BCUT2D eigenvalue weighted by Gasteiger charge is -2.04. The highest BCUT2D eigenvalue weighted by Crippen LogP contribution is 2.25. The van der Waals surface area contributed by atoms with Crippen molar-refractivity contribution in [1.29, 1.82) is 0 Å². The van der Waals surface area contributed by atoms with Gasteiger partial charge >= 0.3 is 0 Å². The van der Waals surface area contributed by atoms with Gasteiger partial charge in [0, 0.05) is 17.8 Å². The van der Waals surface area contributed by atoms with E-state index in [4.69, 9.17) is 11.6 Å². The molecule has 0 saturated heterocycles. The monoisotopic (exact) mass is 371 g/mol. The van der Waals surface area contributed by atoms with Crippen LogP contribution < -0.4 is 5.32 Å². The van der Waals surface area contributed by atoms with E-state index >= 15 is 0 Å². The smallest absolute Gasteiger partial charge is 0.236 e. The van der Waals surface area contributed by atoms with Crippen LogP contribution in [0, 0.1) is 0 Å². The molecule has 4 aromatic rings. The van der Waals surface area contributed by atoms with Crippen LogP contribution in [-0.2, 0) is 11.8 Å². The fraction of sp³-hybridized carbons (Fsp3) is 0.118. The highest BCUT2D eigenvalue weighted by molar-refractivity contribution is 7.99. The minimum absolute atomic E-state index is 0.107. The predicted octanol–water partition coefficient (Wildman–Crippen LogP) is 3.61. The lowest BCUT2D eigenvalue weighted by molar-refractivity contribution is -0.113. The van der Waals surface area contributed by atoms with Gasteiger partial charge in [-0.3, -0.25) is 9.20 Å². The third kappa shape index (κ3) is 2.96. The first kappa shape index (κ1) is 16.0. The summed E-state index contributed by atoms with van der Waals surface area (Å²) >= 11 is 7.20. The van der Waals surface area contributed by atoms with Crippen molar-refractivity contribution in [1.82, 2.24) is 19.2 Å². The standard InChI is InChI=1S/C17H14ClN5OS/c1-22-13-4-2-3-5-14(13)23-16(22)20-21-17(23)25-10-15(24)19-12-8-6-11(18)7-9-12/h2-9H,10H2,1H3,(H,19,24). The number of carbonyl (C=O) groups excluding carboxylic acids is 1. The minimum atomic E-state index is -0.107. The molecule has 0 bridgehead atoms. The molecule has 2 aromatic heterocycles. The number of nitrogens with one attached hydrogen (secondary N) is 1. The van der Waals surface area contributed by atoms with Crippen LogP contribution in [0.5, 0.6) is 0 Å². The van der Waals surface area contributed by atoms with Crippen molar-refractivity contribution >= 4 is 51.8 Å². The van der Waals surface area contributed by atoms with Gasteiger partial charge in [-0.1, -0.05) is 35.5 Å². The summed E-state index contributed by atoms with van der Waals surface area (Å²) in [5.41, 5.74) is 2.80. The molecular formula is C17H14ClN5OS. The number of carbonyl (C=O) groups is 1. The lowest BCUT2D eigenvalue weighted by atomic mass is 10.3. The molecule has 0 radical (unpaired) electrons. The molecular weight excluding hydrogens is 358 g/mol. The van der Waals surface area contributed by atoms with E-state index in [1.165, 1.54) is 11.8 Å². The summed E-state index contributed by atoms with van der Waals surface area (Å²) in [5.74, 6) is 0.887. The van der Waals surface area contributed by atoms with Crippen molar-refractivity contribution in [2.45, 2.75) is 5.16 Å². The number of rotatable bonds is 4. The van der Waals surface area contributed by atoms with Gasteiger partial charge in [-0.25, -0.2) is 0 Å². The number of benzene rings is 2. The topological polar surface area (TPSA) is 64.2 Å². The van der Waals surface area contributed by atoms with Gasteiger partial charge in [0.2, 0.25) is 11.7 Å². The average molecular weight is 372 g/mol. The summed E-state index contributed by atoms with van der Waals surface area (Å²) in [5, 5.41) is 12.6. The summed E-state index contributed by atoms with van der Waals surface area (Å²) in [6.45, 7) is 0. The number of nitrogens with zero attached hydrogens (tertiary/aromatic N) is 4. The van der Waals surface area contributed by atoms with Gasteiger partial charge < -0.3 is 9.88 Å². The Bertz CT molecular complexity index is 1070. The molecule has 8 heteroatoms. The molecule has 126 valence electrons. The molecule has 0 aliphatic heterocycles. The number of fused-ring (bicyclic) bond motifs is 3. The molecule has 2 aromatic carbocycles. The number of aromatic nitrogens is 4. The Morgan fingerprint density at radius 3 is 2.60 bits per heavy atom. The van der Waals surface area contributed by atoms with E-state index in [2.05, 4.69) is 15.5 Å². The Morgan fingerprint density at radius 2 is 1.84 bits per heavy atom. The molecule has 1 N–H and O–H groups in total. The van der Waals surface area contributed by atoms with Gasteiger partial charge in [0.1, 0.15) is 0 Å². The number of thioether (sulfide) groups is 1. The molecule has 25 heavy (non-hydrogen) atoms. The van der Waals surface area contributed by atoms with Crippen LogP contribution in [0.15, 0.2) is 53.7 Å². The minimum Gasteiger partial charge on any atom is -0.325 e. The molecule has 4 rings (SSSR count). The van der Waals surface area contributed by atoms with Crippen LogP contribution in [-0.4, -0.2) is 30.8 Å². The van der Waals surface area contributed by atoms with Crippen molar-refractivity contribution in [3.63, 3.8) is 0 Å². The van der Waals surface area contributed by atoms with Crippen LogP contribution in [0.1, 0.15) is 0 Å². The summed E-state index contributed by atoms with van der Waals surface area (Å²) < 4.78 is 3.95. The quantitative estimate of drug-likeness (QED) is 0.557. The first-order valence-corrected chi connectivity index (χ1v) is 8.96. The molecule has 0 unspecified atom stereocenters. The van der Waals surface area contributed by atoms with Crippen LogP contribution in [0.25, 0.3) is 16.8 Å². The van der Waals surface area contributed by atoms with Crippen molar-refractivity contribution in [3.8, 4) is 0 Å². The Kier molecular flexibility index (Phi) is 4.10. The molecule has 0 fully saturated rings. The summed E-state index contributed by atoms with van der Waals surface area (Å²) in [7, 11) is 1.95. The fourth-order valence-corrected chi connectivity index (χ4v) is 3.55.